The van der Waals surface area contributed by atoms with E-state index >= 15 is 0 Å². The van der Waals surface area contributed by atoms with E-state index in [1.54, 1.807) is 6.07 Å². The molecule has 1 spiro atoms. The lowest BCUT2D eigenvalue weighted by Gasteiger charge is -2.33. The number of rotatable bonds is 4. The third-order valence-electron chi connectivity index (χ3n) is 6.42. The number of nitrogens with one attached hydrogen (secondary N) is 2. The summed E-state index contributed by atoms with van der Waals surface area (Å²) in [6.45, 7) is 1.76. The minimum absolute atomic E-state index is 0.358. The molecule has 0 unspecified atom stereocenters. The summed E-state index contributed by atoms with van der Waals surface area (Å²) in [6.07, 6.45) is 4.08. The van der Waals surface area contributed by atoms with Crippen molar-refractivity contribution in [3.8, 4) is 10.4 Å². The summed E-state index contributed by atoms with van der Waals surface area (Å²) >= 11 is 1.40. The lowest BCUT2D eigenvalue weighted by molar-refractivity contribution is -0.140. The molecule has 5 rings (SSSR count). The monoisotopic (exact) mass is 465 g/mol. The lowest BCUT2D eigenvalue weighted by Crippen LogP contribution is -2.52. The summed E-state index contributed by atoms with van der Waals surface area (Å²) in [5, 5.41) is 3.92. The van der Waals surface area contributed by atoms with Gasteiger partial charge in [-0.05, 0) is 43.2 Å². The smallest absolute Gasteiger partial charge is 0.322 e. The maximum absolute atomic E-state index is 12.9. The van der Waals surface area contributed by atoms with Crippen molar-refractivity contribution < 1.29 is 14.4 Å². The molecule has 0 radical (unpaired) electrons. The zero-order valence-corrected chi connectivity index (χ0v) is 18.9. The first kappa shape index (κ1) is 21.3. The van der Waals surface area contributed by atoms with E-state index in [0.29, 0.717) is 29.0 Å². The van der Waals surface area contributed by atoms with Crippen LogP contribution in [0.15, 0.2) is 47.5 Å². The van der Waals surface area contributed by atoms with Gasteiger partial charge >= 0.3 is 6.03 Å². The van der Waals surface area contributed by atoms with Gasteiger partial charge in [0, 0.05) is 4.88 Å². The number of hydrogen-bond donors (Lipinski definition) is 2. The molecule has 170 valence electrons. The van der Waals surface area contributed by atoms with Crippen LogP contribution in [0.25, 0.3) is 20.7 Å². The Hall–Kier alpha value is -3.53. The van der Waals surface area contributed by atoms with E-state index in [0.717, 1.165) is 28.3 Å². The molecule has 0 bridgehead atoms. The van der Waals surface area contributed by atoms with Gasteiger partial charge in [-0.25, -0.2) is 9.78 Å². The summed E-state index contributed by atoms with van der Waals surface area (Å²) in [4.78, 5) is 56.7. The fourth-order valence-corrected chi connectivity index (χ4v) is 5.44. The number of carbonyl (C=O) groups is 3. The number of nitrogens with zero attached hydrogens (tertiary/aromatic N) is 3. The highest BCUT2D eigenvalue weighted by Crippen LogP contribution is 2.36. The van der Waals surface area contributed by atoms with E-state index in [9.17, 15) is 19.2 Å². The average Bonchev–Trinajstić information content (AvgIpc) is 3.34. The van der Waals surface area contributed by atoms with Gasteiger partial charge < -0.3 is 5.32 Å². The summed E-state index contributed by atoms with van der Waals surface area (Å²) in [7, 11) is 0. The number of aromatic nitrogens is 2. The molecule has 1 aromatic carbocycles. The molecule has 2 aromatic heterocycles. The molecule has 33 heavy (non-hydrogen) atoms. The predicted octanol–water partition coefficient (Wildman–Crippen LogP) is 2.66. The SMILES string of the molecule is CC1CCC2(CC1)NC(=O)N(NC(=O)Cn1cnc3sc(-c4ccccc4)cc3c1=O)C2=O. The number of thiophene rings is 1. The van der Waals surface area contributed by atoms with Crippen LogP contribution in [0.2, 0.25) is 0 Å². The molecule has 0 atom stereocenters. The van der Waals surface area contributed by atoms with Crippen LogP contribution in [0.3, 0.4) is 0 Å². The average molecular weight is 466 g/mol. The van der Waals surface area contributed by atoms with Crippen molar-refractivity contribution in [2.75, 3.05) is 0 Å². The number of amides is 4. The van der Waals surface area contributed by atoms with Crippen LogP contribution in [0, 0.1) is 5.92 Å². The zero-order chi connectivity index (χ0) is 23.2. The normalized spacial score (nSPS) is 22.7. The van der Waals surface area contributed by atoms with Crippen molar-refractivity contribution in [2.24, 2.45) is 5.92 Å². The van der Waals surface area contributed by atoms with Gasteiger partial charge in [0.25, 0.3) is 17.4 Å². The number of urea groups is 1. The summed E-state index contributed by atoms with van der Waals surface area (Å²) < 4.78 is 1.18. The number of hydrogen-bond acceptors (Lipinski definition) is 6. The van der Waals surface area contributed by atoms with Crippen molar-refractivity contribution in [2.45, 2.75) is 44.7 Å². The Morgan fingerprint density at radius 3 is 2.67 bits per heavy atom. The molecule has 2 fully saturated rings. The second kappa shape index (κ2) is 8.11. The number of imide groups is 1. The van der Waals surface area contributed by atoms with Crippen LogP contribution < -0.4 is 16.3 Å². The highest BCUT2D eigenvalue weighted by atomic mass is 32.1. The van der Waals surface area contributed by atoms with E-state index in [-0.39, 0.29) is 12.1 Å². The van der Waals surface area contributed by atoms with Crippen LogP contribution >= 0.6 is 11.3 Å². The molecule has 9 nitrogen and oxygen atoms in total. The van der Waals surface area contributed by atoms with Gasteiger partial charge in [0.1, 0.15) is 16.9 Å². The molecule has 1 aliphatic carbocycles. The predicted molar refractivity (Wildman–Crippen MR) is 123 cm³/mol. The van der Waals surface area contributed by atoms with Gasteiger partial charge in [-0.15, -0.1) is 11.3 Å². The Bertz CT molecular complexity index is 1310. The zero-order valence-electron chi connectivity index (χ0n) is 18.0. The molecule has 2 aliphatic rings. The number of carbonyl (C=O) groups excluding carboxylic acids is 3. The largest absolute Gasteiger partial charge is 0.344 e. The summed E-state index contributed by atoms with van der Waals surface area (Å²) in [5.74, 6) is -0.599. The van der Waals surface area contributed by atoms with E-state index in [1.165, 1.54) is 22.2 Å². The van der Waals surface area contributed by atoms with Crippen LogP contribution in [0.1, 0.15) is 32.6 Å². The molecule has 4 amide bonds. The van der Waals surface area contributed by atoms with Crippen LogP contribution in [0.5, 0.6) is 0 Å². The molecule has 1 saturated heterocycles. The quantitative estimate of drug-likeness (QED) is 0.575. The van der Waals surface area contributed by atoms with E-state index in [2.05, 4.69) is 22.7 Å². The fraction of sp³-hybridized carbons (Fsp3) is 0.348. The van der Waals surface area contributed by atoms with Gasteiger partial charge in [0.15, 0.2) is 0 Å². The van der Waals surface area contributed by atoms with Gasteiger partial charge in [0.2, 0.25) is 0 Å². The minimum Gasteiger partial charge on any atom is -0.322 e. The highest BCUT2D eigenvalue weighted by molar-refractivity contribution is 7.21. The molecule has 3 heterocycles. The van der Waals surface area contributed by atoms with Crippen LogP contribution in [-0.4, -0.2) is 37.9 Å². The summed E-state index contributed by atoms with van der Waals surface area (Å²) in [6, 6.07) is 10.8. The molecule has 3 aromatic rings. The Labute approximate surface area is 193 Å². The highest BCUT2D eigenvalue weighted by Gasteiger charge is 2.52. The van der Waals surface area contributed by atoms with Crippen LogP contribution in [-0.2, 0) is 16.1 Å². The second-order valence-corrected chi connectivity index (χ2v) is 9.77. The standard InChI is InChI=1S/C23H23N5O4S/c1-14-7-9-23(10-8-14)21(31)28(22(32)25-23)26-18(29)12-27-13-24-19-16(20(27)30)11-17(33-19)15-5-3-2-4-6-15/h2-6,11,13-14H,7-10,12H2,1H3,(H,25,32)(H,26,29). The second-order valence-electron chi connectivity index (χ2n) is 8.74. The molecule has 1 aliphatic heterocycles. The Kier molecular flexibility index (Phi) is 5.24. The van der Waals surface area contributed by atoms with Crippen molar-refractivity contribution >= 4 is 39.4 Å². The van der Waals surface area contributed by atoms with Gasteiger partial charge in [-0.1, -0.05) is 37.3 Å². The Morgan fingerprint density at radius 1 is 1.21 bits per heavy atom. The van der Waals surface area contributed by atoms with Gasteiger partial charge in [0.05, 0.1) is 11.7 Å². The first-order valence-corrected chi connectivity index (χ1v) is 11.7. The first-order valence-electron chi connectivity index (χ1n) is 10.9. The van der Waals surface area contributed by atoms with Gasteiger partial charge in [-0.3, -0.25) is 24.4 Å². The molecular formula is C23H23N5O4S. The van der Waals surface area contributed by atoms with E-state index < -0.39 is 23.4 Å². The lowest BCUT2D eigenvalue weighted by atomic mass is 9.77. The minimum atomic E-state index is -0.946. The first-order chi connectivity index (χ1) is 15.9. The topological polar surface area (TPSA) is 113 Å². The number of benzene rings is 1. The van der Waals surface area contributed by atoms with Crippen LogP contribution in [0.4, 0.5) is 4.79 Å². The molecule has 10 heteroatoms. The Balaban J connectivity index is 1.32. The maximum atomic E-state index is 12.9. The van der Waals surface area contributed by atoms with E-state index in [4.69, 9.17) is 0 Å². The number of fused-ring (bicyclic) bond motifs is 1. The van der Waals surface area contributed by atoms with Crippen molar-refractivity contribution in [1.29, 1.82) is 0 Å². The van der Waals surface area contributed by atoms with Gasteiger partial charge in [-0.2, -0.15) is 5.01 Å². The third kappa shape index (κ3) is 3.80. The number of hydrazine groups is 1. The molecular weight excluding hydrogens is 442 g/mol. The van der Waals surface area contributed by atoms with Crippen molar-refractivity contribution in [3.05, 3.63) is 53.1 Å². The maximum Gasteiger partial charge on any atom is 0.344 e. The molecule has 2 N–H and O–H groups in total. The summed E-state index contributed by atoms with van der Waals surface area (Å²) in [5.41, 5.74) is 2.04. The van der Waals surface area contributed by atoms with E-state index in [1.807, 2.05) is 30.3 Å². The molecule has 1 saturated carbocycles. The fourth-order valence-electron chi connectivity index (χ4n) is 4.45. The van der Waals surface area contributed by atoms with Crippen molar-refractivity contribution in [1.82, 2.24) is 25.3 Å². The van der Waals surface area contributed by atoms with Crippen molar-refractivity contribution in [3.63, 3.8) is 0 Å². The third-order valence-corrected chi connectivity index (χ3v) is 7.51. The Morgan fingerprint density at radius 2 is 1.94 bits per heavy atom.